The van der Waals surface area contributed by atoms with Gasteiger partial charge in [0.1, 0.15) is 11.3 Å². The van der Waals surface area contributed by atoms with E-state index >= 15 is 0 Å². The van der Waals surface area contributed by atoms with Crippen LogP contribution in [0.1, 0.15) is 45.1 Å². The molecule has 1 atom stereocenters. The van der Waals surface area contributed by atoms with Crippen molar-refractivity contribution in [3.05, 3.63) is 34.5 Å². The van der Waals surface area contributed by atoms with Gasteiger partial charge >= 0.3 is 5.97 Å². The van der Waals surface area contributed by atoms with Crippen molar-refractivity contribution in [1.82, 2.24) is 0 Å². The first kappa shape index (κ1) is 19.4. The largest absolute Gasteiger partial charge is 0.493 e. The van der Waals surface area contributed by atoms with Crippen LogP contribution in [0, 0.1) is 17.5 Å². The molecular weight excluding hydrogens is 336 g/mol. The Bertz CT molecular complexity index is 766. The van der Waals surface area contributed by atoms with Crippen molar-refractivity contribution in [2.45, 2.75) is 46.5 Å². The first-order chi connectivity index (χ1) is 12.0. The van der Waals surface area contributed by atoms with Crippen molar-refractivity contribution < 1.29 is 18.7 Å². The molecule has 0 radical (unpaired) electrons. The number of hydrogen-bond donors (Lipinski definition) is 0. The van der Waals surface area contributed by atoms with Crippen LogP contribution in [0.3, 0.4) is 0 Å². The summed E-state index contributed by atoms with van der Waals surface area (Å²) >= 11 is 5.17. The quantitative estimate of drug-likeness (QED) is 0.330. The van der Waals surface area contributed by atoms with Crippen molar-refractivity contribution in [3.63, 3.8) is 0 Å². The summed E-state index contributed by atoms with van der Waals surface area (Å²) in [6.07, 6.45) is 3.51. The van der Waals surface area contributed by atoms with Gasteiger partial charge in [0.2, 0.25) is 0 Å². The van der Waals surface area contributed by atoms with Gasteiger partial charge in [0, 0.05) is 6.07 Å². The highest BCUT2D eigenvalue weighted by molar-refractivity contribution is 7.71. The van der Waals surface area contributed by atoms with Crippen molar-refractivity contribution in [2.24, 2.45) is 5.92 Å². The summed E-state index contributed by atoms with van der Waals surface area (Å²) in [5.41, 5.74) is 1.85. The molecule has 1 unspecified atom stereocenters. The van der Waals surface area contributed by atoms with Gasteiger partial charge in [0.15, 0.2) is 4.71 Å². The third kappa shape index (κ3) is 5.56. The molecule has 0 bridgehead atoms. The normalized spacial score (nSPS) is 12.1. The zero-order valence-corrected chi connectivity index (χ0v) is 16.0. The van der Waals surface area contributed by atoms with Crippen LogP contribution in [0.15, 0.2) is 28.7 Å². The Kier molecular flexibility index (Phi) is 7.44. The molecule has 136 valence electrons. The fourth-order valence-electron chi connectivity index (χ4n) is 2.52. The second-order valence-corrected chi connectivity index (χ2v) is 6.67. The SMILES string of the molecule is CCC(C)C(=O)OCCCCCOc1cc(=S)oc2cccc(C)c12. The molecule has 0 spiro atoms. The molecule has 0 aliphatic heterocycles. The minimum atomic E-state index is -0.105. The molecule has 0 amide bonds. The van der Waals surface area contributed by atoms with E-state index in [0.717, 1.165) is 48.0 Å². The van der Waals surface area contributed by atoms with Crippen LogP contribution in [-0.2, 0) is 9.53 Å². The van der Waals surface area contributed by atoms with Gasteiger partial charge < -0.3 is 13.9 Å². The molecule has 2 rings (SSSR count). The van der Waals surface area contributed by atoms with E-state index < -0.39 is 0 Å². The molecule has 5 heteroatoms. The van der Waals surface area contributed by atoms with E-state index in [1.54, 1.807) is 6.07 Å². The summed E-state index contributed by atoms with van der Waals surface area (Å²) in [5.74, 6) is 0.648. The molecule has 1 heterocycles. The average Bonchev–Trinajstić information content (AvgIpc) is 2.59. The first-order valence-electron chi connectivity index (χ1n) is 8.85. The van der Waals surface area contributed by atoms with E-state index in [-0.39, 0.29) is 11.9 Å². The Labute approximate surface area is 154 Å². The molecule has 4 nitrogen and oxygen atoms in total. The lowest BCUT2D eigenvalue weighted by Crippen LogP contribution is -2.14. The van der Waals surface area contributed by atoms with Gasteiger partial charge in [-0.3, -0.25) is 4.79 Å². The van der Waals surface area contributed by atoms with Crippen LogP contribution in [0.5, 0.6) is 5.75 Å². The molecule has 0 saturated heterocycles. The molecule has 2 aromatic rings. The molecule has 0 aliphatic carbocycles. The maximum absolute atomic E-state index is 11.6. The van der Waals surface area contributed by atoms with Crippen LogP contribution >= 0.6 is 12.2 Å². The van der Waals surface area contributed by atoms with Crippen molar-refractivity contribution in [3.8, 4) is 5.75 Å². The minimum absolute atomic E-state index is 0.0177. The number of aryl methyl sites for hydroxylation is 1. The Morgan fingerprint density at radius 3 is 2.76 bits per heavy atom. The number of hydrogen-bond acceptors (Lipinski definition) is 5. The lowest BCUT2D eigenvalue weighted by molar-refractivity contribution is -0.148. The maximum atomic E-state index is 11.6. The van der Waals surface area contributed by atoms with Gasteiger partial charge in [-0.05, 0) is 56.5 Å². The average molecular weight is 362 g/mol. The third-order valence-corrected chi connectivity index (χ3v) is 4.45. The van der Waals surface area contributed by atoms with Gasteiger partial charge in [-0.25, -0.2) is 0 Å². The van der Waals surface area contributed by atoms with Crippen molar-refractivity contribution in [1.29, 1.82) is 0 Å². The lowest BCUT2D eigenvalue weighted by atomic mass is 10.1. The summed E-state index contributed by atoms with van der Waals surface area (Å²) in [5, 5.41) is 0.971. The van der Waals surface area contributed by atoms with Gasteiger partial charge in [0.05, 0.1) is 24.5 Å². The third-order valence-electron chi connectivity index (χ3n) is 4.25. The fraction of sp³-hybridized carbons (Fsp3) is 0.500. The second kappa shape index (κ2) is 9.56. The number of unbranched alkanes of at least 4 members (excludes halogenated alkanes) is 2. The predicted octanol–water partition coefficient (Wildman–Crippen LogP) is 5.61. The Morgan fingerprint density at radius 1 is 1.24 bits per heavy atom. The molecule has 0 fully saturated rings. The highest BCUT2D eigenvalue weighted by Crippen LogP contribution is 2.29. The number of carbonyl (C=O) groups is 1. The maximum Gasteiger partial charge on any atom is 0.308 e. The van der Waals surface area contributed by atoms with Gasteiger partial charge in [0.25, 0.3) is 0 Å². The monoisotopic (exact) mass is 362 g/mol. The smallest absolute Gasteiger partial charge is 0.308 e. The van der Waals surface area contributed by atoms with E-state index in [1.165, 1.54) is 0 Å². The summed E-state index contributed by atoms with van der Waals surface area (Å²) < 4.78 is 17.2. The molecule has 1 aromatic heterocycles. The van der Waals surface area contributed by atoms with Crippen molar-refractivity contribution in [2.75, 3.05) is 13.2 Å². The van der Waals surface area contributed by atoms with Crippen LogP contribution in [0.2, 0.25) is 0 Å². The summed E-state index contributed by atoms with van der Waals surface area (Å²) in [6.45, 7) is 6.98. The highest BCUT2D eigenvalue weighted by Gasteiger charge is 2.11. The molecule has 0 aliphatic rings. The van der Waals surface area contributed by atoms with Crippen LogP contribution in [0.4, 0.5) is 0 Å². The van der Waals surface area contributed by atoms with Gasteiger partial charge in [-0.15, -0.1) is 0 Å². The van der Waals surface area contributed by atoms with Crippen LogP contribution in [0.25, 0.3) is 11.0 Å². The number of esters is 1. The standard InChI is InChI=1S/C20H26O4S/c1-4-14(2)20(21)23-12-7-5-6-11-22-17-13-18(25)24-16-10-8-9-15(3)19(16)17/h8-10,13-14H,4-7,11-12H2,1-3H3. The number of ether oxygens (including phenoxy) is 2. The molecule has 0 N–H and O–H groups in total. The Hall–Kier alpha value is -1.88. The number of rotatable bonds is 9. The van der Waals surface area contributed by atoms with E-state index in [2.05, 4.69) is 0 Å². The summed E-state index contributed by atoms with van der Waals surface area (Å²) in [7, 11) is 0. The molecular formula is C20H26O4S. The van der Waals surface area contributed by atoms with Crippen LogP contribution < -0.4 is 4.74 Å². The lowest BCUT2D eigenvalue weighted by Gasteiger charge is -2.11. The predicted molar refractivity (Wildman–Crippen MR) is 102 cm³/mol. The molecule has 0 saturated carbocycles. The van der Waals surface area contributed by atoms with Gasteiger partial charge in [-0.2, -0.15) is 0 Å². The molecule has 1 aromatic carbocycles. The number of benzene rings is 1. The molecule has 25 heavy (non-hydrogen) atoms. The zero-order valence-electron chi connectivity index (χ0n) is 15.2. The fourth-order valence-corrected chi connectivity index (χ4v) is 2.71. The number of fused-ring (bicyclic) bond motifs is 1. The second-order valence-electron chi connectivity index (χ2n) is 6.26. The van der Waals surface area contributed by atoms with Gasteiger partial charge in [-0.1, -0.05) is 26.0 Å². The van der Waals surface area contributed by atoms with E-state index in [1.807, 2.05) is 39.0 Å². The van der Waals surface area contributed by atoms with Crippen LogP contribution in [-0.4, -0.2) is 19.2 Å². The van der Waals surface area contributed by atoms with Crippen molar-refractivity contribution >= 4 is 29.2 Å². The minimum Gasteiger partial charge on any atom is -0.493 e. The summed E-state index contributed by atoms with van der Waals surface area (Å²) in [4.78, 5) is 11.6. The van der Waals surface area contributed by atoms with E-state index in [4.69, 9.17) is 26.1 Å². The Balaban J connectivity index is 1.78. The number of carbonyl (C=O) groups excluding carboxylic acids is 1. The first-order valence-corrected chi connectivity index (χ1v) is 9.26. The Morgan fingerprint density at radius 2 is 2.00 bits per heavy atom. The topological polar surface area (TPSA) is 48.7 Å². The highest BCUT2D eigenvalue weighted by atomic mass is 32.1. The summed E-state index contributed by atoms with van der Waals surface area (Å²) in [6, 6.07) is 7.63. The van der Waals surface area contributed by atoms with E-state index in [9.17, 15) is 4.79 Å². The van der Waals surface area contributed by atoms with E-state index in [0.29, 0.717) is 17.9 Å². The zero-order chi connectivity index (χ0) is 18.2.